The molecule has 0 bridgehead atoms. The highest BCUT2D eigenvalue weighted by Crippen LogP contribution is 2.17. The minimum absolute atomic E-state index is 0.132. The Balaban J connectivity index is 1.79. The summed E-state index contributed by atoms with van der Waals surface area (Å²) in [5.41, 5.74) is 1.79. The molecule has 0 fully saturated rings. The summed E-state index contributed by atoms with van der Waals surface area (Å²) in [5, 5.41) is 14.6. The third kappa shape index (κ3) is 2.76. The van der Waals surface area contributed by atoms with Gasteiger partial charge in [-0.25, -0.2) is 9.97 Å². The summed E-state index contributed by atoms with van der Waals surface area (Å²) in [6, 6.07) is 9.80. The molecule has 0 aliphatic heterocycles. The first kappa shape index (κ1) is 12.9. The summed E-state index contributed by atoms with van der Waals surface area (Å²) in [4.78, 5) is 22.2. The molecule has 21 heavy (non-hydrogen) atoms. The zero-order chi connectivity index (χ0) is 14.7. The molecule has 0 radical (unpaired) electrons. The molecule has 0 aliphatic rings. The Kier molecular flexibility index (Phi) is 3.38. The molecule has 0 saturated heterocycles. The van der Waals surface area contributed by atoms with Gasteiger partial charge < -0.3 is 5.32 Å². The van der Waals surface area contributed by atoms with Crippen molar-refractivity contribution in [1.82, 2.24) is 15.0 Å². The molecular formula is C14H11N5O2. The van der Waals surface area contributed by atoms with Crippen LogP contribution in [-0.2, 0) is 6.54 Å². The Labute approximate surface area is 119 Å². The van der Waals surface area contributed by atoms with Gasteiger partial charge in [0.2, 0.25) is 5.95 Å². The highest BCUT2D eigenvalue weighted by atomic mass is 16.6. The third-order valence-corrected chi connectivity index (χ3v) is 3.00. The van der Waals surface area contributed by atoms with E-state index in [1.165, 1.54) is 12.4 Å². The molecule has 1 N–H and O–H groups in total. The predicted molar refractivity (Wildman–Crippen MR) is 77.8 cm³/mol. The second kappa shape index (κ2) is 5.49. The molecule has 3 rings (SSSR count). The van der Waals surface area contributed by atoms with Crippen molar-refractivity contribution >= 4 is 22.5 Å². The number of nitrogens with one attached hydrogen (secondary N) is 1. The summed E-state index contributed by atoms with van der Waals surface area (Å²) in [7, 11) is 0. The first-order valence-electron chi connectivity index (χ1n) is 6.27. The van der Waals surface area contributed by atoms with Crippen molar-refractivity contribution in [2.24, 2.45) is 0 Å². The van der Waals surface area contributed by atoms with Gasteiger partial charge in [0, 0.05) is 18.1 Å². The molecule has 1 aromatic carbocycles. The van der Waals surface area contributed by atoms with Gasteiger partial charge in [0.1, 0.15) is 12.4 Å². The number of aromatic nitrogens is 3. The summed E-state index contributed by atoms with van der Waals surface area (Å²) < 4.78 is 0. The summed E-state index contributed by atoms with van der Waals surface area (Å²) >= 11 is 0. The van der Waals surface area contributed by atoms with E-state index in [9.17, 15) is 10.1 Å². The molecule has 0 unspecified atom stereocenters. The van der Waals surface area contributed by atoms with Gasteiger partial charge in [-0.05, 0) is 11.6 Å². The molecule has 2 aromatic heterocycles. The number of hydrogen-bond donors (Lipinski definition) is 1. The number of nitrogens with zero attached hydrogens (tertiary/aromatic N) is 4. The lowest BCUT2D eigenvalue weighted by Crippen LogP contribution is -2.04. The van der Waals surface area contributed by atoms with Crippen molar-refractivity contribution in [2.45, 2.75) is 6.54 Å². The van der Waals surface area contributed by atoms with Crippen LogP contribution in [0.3, 0.4) is 0 Å². The van der Waals surface area contributed by atoms with Gasteiger partial charge in [-0.1, -0.05) is 24.3 Å². The number of rotatable bonds is 4. The Morgan fingerprint density at radius 2 is 1.86 bits per heavy atom. The van der Waals surface area contributed by atoms with E-state index in [2.05, 4.69) is 20.3 Å². The molecule has 2 heterocycles. The highest BCUT2D eigenvalue weighted by molar-refractivity contribution is 5.81. The maximum Gasteiger partial charge on any atom is 0.305 e. The molecule has 0 aliphatic carbocycles. The number of pyridine rings is 1. The van der Waals surface area contributed by atoms with Crippen molar-refractivity contribution < 1.29 is 4.92 Å². The van der Waals surface area contributed by atoms with Crippen LogP contribution in [0.2, 0.25) is 0 Å². The van der Waals surface area contributed by atoms with Crippen molar-refractivity contribution in [3.8, 4) is 0 Å². The number of benzene rings is 1. The van der Waals surface area contributed by atoms with Crippen LogP contribution in [0.1, 0.15) is 5.56 Å². The minimum atomic E-state index is -0.529. The molecule has 7 heteroatoms. The van der Waals surface area contributed by atoms with Crippen LogP contribution in [0.25, 0.3) is 10.9 Å². The second-order valence-electron chi connectivity index (χ2n) is 4.37. The quantitative estimate of drug-likeness (QED) is 0.583. The van der Waals surface area contributed by atoms with Crippen LogP contribution in [0, 0.1) is 10.1 Å². The zero-order valence-corrected chi connectivity index (χ0v) is 10.9. The van der Waals surface area contributed by atoms with E-state index < -0.39 is 4.92 Å². The van der Waals surface area contributed by atoms with Crippen molar-refractivity contribution in [3.05, 3.63) is 64.6 Å². The monoisotopic (exact) mass is 281 g/mol. The fraction of sp³-hybridized carbons (Fsp3) is 0.0714. The first-order valence-corrected chi connectivity index (χ1v) is 6.27. The van der Waals surface area contributed by atoms with Gasteiger partial charge in [0.05, 0.1) is 10.4 Å². The average Bonchev–Trinajstić information content (AvgIpc) is 2.53. The van der Waals surface area contributed by atoms with E-state index in [0.717, 1.165) is 16.5 Å². The Morgan fingerprint density at radius 3 is 2.62 bits per heavy atom. The van der Waals surface area contributed by atoms with E-state index in [0.29, 0.717) is 12.5 Å². The maximum atomic E-state index is 10.5. The van der Waals surface area contributed by atoms with Gasteiger partial charge in [0.15, 0.2) is 0 Å². The summed E-state index contributed by atoms with van der Waals surface area (Å²) in [6.07, 6.45) is 4.10. The lowest BCUT2D eigenvalue weighted by molar-refractivity contribution is -0.385. The molecule has 0 amide bonds. The Hall–Kier alpha value is -3.09. The van der Waals surface area contributed by atoms with Gasteiger partial charge in [-0.15, -0.1) is 0 Å². The van der Waals surface area contributed by atoms with Crippen molar-refractivity contribution in [1.29, 1.82) is 0 Å². The van der Waals surface area contributed by atoms with E-state index in [4.69, 9.17) is 0 Å². The van der Waals surface area contributed by atoms with Crippen LogP contribution in [-0.4, -0.2) is 19.9 Å². The summed E-state index contributed by atoms with van der Waals surface area (Å²) in [6.45, 7) is 0.492. The maximum absolute atomic E-state index is 10.5. The number of nitro groups is 1. The lowest BCUT2D eigenvalue weighted by atomic mass is 10.1. The fourth-order valence-electron chi connectivity index (χ4n) is 1.99. The molecule has 7 nitrogen and oxygen atoms in total. The molecule has 3 aromatic rings. The molecular weight excluding hydrogens is 270 g/mol. The predicted octanol–water partition coefficient (Wildman–Crippen LogP) is 2.55. The van der Waals surface area contributed by atoms with E-state index >= 15 is 0 Å². The molecule has 0 saturated carbocycles. The van der Waals surface area contributed by atoms with Crippen LogP contribution in [0.15, 0.2) is 48.9 Å². The first-order chi connectivity index (χ1) is 10.2. The van der Waals surface area contributed by atoms with E-state index in [1.807, 2.05) is 30.3 Å². The SMILES string of the molecule is O=[N+]([O-])c1cnc(NCc2cccc3cccnc23)nc1. The fourth-order valence-corrected chi connectivity index (χ4v) is 1.99. The molecule has 0 spiro atoms. The minimum Gasteiger partial charge on any atom is -0.350 e. The second-order valence-corrected chi connectivity index (χ2v) is 4.37. The summed E-state index contributed by atoms with van der Waals surface area (Å²) in [5.74, 6) is 0.341. The van der Waals surface area contributed by atoms with Gasteiger partial charge >= 0.3 is 5.69 Å². The molecule has 104 valence electrons. The lowest BCUT2D eigenvalue weighted by Gasteiger charge is -2.07. The van der Waals surface area contributed by atoms with Gasteiger partial charge in [-0.2, -0.15) is 0 Å². The van der Waals surface area contributed by atoms with Gasteiger partial charge in [-0.3, -0.25) is 15.1 Å². The van der Waals surface area contributed by atoms with Crippen molar-refractivity contribution in [3.63, 3.8) is 0 Å². The van der Waals surface area contributed by atoms with Crippen LogP contribution < -0.4 is 5.32 Å². The van der Waals surface area contributed by atoms with E-state index in [1.54, 1.807) is 6.20 Å². The van der Waals surface area contributed by atoms with E-state index in [-0.39, 0.29) is 5.69 Å². The number of fused-ring (bicyclic) bond motifs is 1. The third-order valence-electron chi connectivity index (χ3n) is 3.00. The van der Waals surface area contributed by atoms with Crippen LogP contribution >= 0.6 is 0 Å². The largest absolute Gasteiger partial charge is 0.350 e. The molecule has 0 atom stereocenters. The Morgan fingerprint density at radius 1 is 1.10 bits per heavy atom. The number of hydrogen-bond acceptors (Lipinski definition) is 6. The highest BCUT2D eigenvalue weighted by Gasteiger charge is 2.07. The van der Waals surface area contributed by atoms with Crippen molar-refractivity contribution in [2.75, 3.05) is 5.32 Å². The smallest absolute Gasteiger partial charge is 0.305 e. The Bertz CT molecular complexity index is 783. The average molecular weight is 281 g/mol. The van der Waals surface area contributed by atoms with Crippen LogP contribution in [0.5, 0.6) is 0 Å². The zero-order valence-electron chi connectivity index (χ0n) is 10.9. The normalized spacial score (nSPS) is 10.5. The van der Waals surface area contributed by atoms with Crippen LogP contribution in [0.4, 0.5) is 11.6 Å². The standard InChI is InChI=1S/C14H11N5O2/c20-19(21)12-8-17-14(18-9-12)16-7-11-4-1-3-10-5-2-6-15-13(10)11/h1-6,8-9H,7H2,(H,16,17,18). The topological polar surface area (TPSA) is 93.8 Å². The number of anilines is 1. The number of para-hydroxylation sites is 1. The van der Waals surface area contributed by atoms with Gasteiger partial charge in [0.25, 0.3) is 0 Å².